The first-order valence-electron chi connectivity index (χ1n) is 6.47. The standard InChI is InChI=1S/C13H16N4O3S/c1-3-10(9-4-8(2)21-7-9)14-13(20)11-5-17(16-15-11)6-12(18)19/h4-5,7,10H,3,6H2,1-2H3,(H,14,20)(H,18,19). The minimum absolute atomic E-state index is 0.0907. The molecule has 0 aromatic carbocycles. The number of carbonyl (C=O) groups is 2. The summed E-state index contributed by atoms with van der Waals surface area (Å²) in [6, 6.07) is 1.95. The molecule has 1 unspecified atom stereocenters. The fourth-order valence-corrected chi connectivity index (χ4v) is 2.68. The van der Waals surface area contributed by atoms with Crippen LogP contribution in [-0.4, -0.2) is 32.0 Å². The van der Waals surface area contributed by atoms with Crippen molar-refractivity contribution in [3.8, 4) is 0 Å². The monoisotopic (exact) mass is 308 g/mol. The molecule has 1 atom stereocenters. The summed E-state index contributed by atoms with van der Waals surface area (Å²) < 4.78 is 1.12. The molecule has 0 radical (unpaired) electrons. The van der Waals surface area contributed by atoms with E-state index < -0.39 is 5.97 Å². The van der Waals surface area contributed by atoms with Gasteiger partial charge in [0.05, 0.1) is 12.2 Å². The Kier molecular flexibility index (Phi) is 4.69. The van der Waals surface area contributed by atoms with Crippen LogP contribution in [0.15, 0.2) is 17.6 Å². The maximum absolute atomic E-state index is 12.1. The Hall–Kier alpha value is -2.22. The van der Waals surface area contributed by atoms with Crippen molar-refractivity contribution < 1.29 is 14.7 Å². The molecule has 2 N–H and O–H groups in total. The highest BCUT2D eigenvalue weighted by molar-refractivity contribution is 7.10. The van der Waals surface area contributed by atoms with Gasteiger partial charge in [-0.3, -0.25) is 9.59 Å². The van der Waals surface area contributed by atoms with Gasteiger partial charge in [-0.05, 0) is 30.4 Å². The minimum atomic E-state index is -1.04. The zero-order valence-electron chi connectivity index (χ0n) is 11.7. The predicted octanol–water partition coefficient (Wildman–Crippen LogP) is 1.61. The van der Waals surface area contributed by atoms with Crippen molar-refractivity contribution in [2.45, 2.75) is 32.9 Å². The van der Waals surface area contributed by atoms with Crippen LogP contribution in [0.25, 0.3) is 0 Å². The van der Waals surface area contributed by atoms with Gasteiger partial charge in [-0.2, -0.15) is 0 Å². The first-order valence-corrected chi connectivity index (χ1v) is 7.35. The SMILES string of the molecule is CCC(NC(=O)c1cn(CC(=O)O)nn1)c1csc(C)c1. The van der Waals surface area contributed by atoms with Gasteiger partial charge in [0.1, 0.15) is 6.54 Å². The van der Waals surface area contributed by atoms with Gasteiger partial charge in [-0.15, -0.1) is 16.4 Å². The van der Waals surface area contributed by atoms with Crippen molar-refractivity contribution in [2.75, 3.05) is 0 Å². The molecule has 0 aliphatic heterocycles. The number of carbonyl (C=O) groups excluding carboxylic acids is 1. The number of thiophene rings is 1. The van der Waals surface area contributed by atoms with E-state index in [0.29, 0.717) is 0 Å². The van der Waals surface area contributed by atoms with E-state index in [9.17, 15) is 9.59 Å². The minimum Gasteiger partial charge on any atom is -0.480 e. The second-order valence-corrected chi connectivity index (χ2v) is 5.74. The third-order valence-electron chi connectivity index (χ3n) is 2.94. The van der Waals surface area contributed by atoms with Gasteiger partial charge in [-0.25, -0.2) is 4.68 Å². The Balaban J connectivity index is 2.05. The van der Waals surface area contributed by atoms with Gasteiger partial charge >= 0.3 is 5.97 Å². The smallest absolute Gasteiger partial charge is 0.325 e. The largest absolute Gasteiger partial charge is 0.480 e. The lowest BCUT2D eigenvalue weighted by atomic mass is 10.1. The first-order chi connectivity index (χ1) is 9.99. The van der Waals surface area contributed by atoms with Crippen LogP contribution >= 0.6 is 11.3 Å². The van der Waals surface area contributed by atoms with Crippen LogP contribution in [0.1, 0.15) is 40.3 Å². The summed E-state index contributed by atoms with van der Waals surface area (Å²) in [7, 11) is 0. The fraction of sp³-hybridized carbons (Fsp3) is 0.385. The zero-order chi connectivity index (χ0) is 15.4. The zero-order valence-corrected chi connectivity index (χ0v) is 12.6. The van der Waals surface area contributed by atoms with Crippen LogP contribution in [0.4, 0.5) is 0 Å². The van der Waals surface area contributed by atoms with Crippen LogP contribution in [0.2, 0.25) is 0 Å². The van der Waals surface area contributed by atoms with Crippen LogP contribution < -0.4 is 5.32 Å². The molecule has 8 heteroatoms. The molecule has 0 fully saturated rings. The third kappa shape index (κ3) is 3.88. The van der Waals surface area contributed by atoms with Crippen molar-refractivity contribution >= 4 is 23.2 Å². The highest BCUT2D eigenvalue weighted by Crippen LogP contribution is 2.22. The number of nitrogens with zero attached hydrogens (tertiary/aromatic N) is 3. The summed E-state index contributed by atoms with van der Waals surface area (Å²) in [5.74, 6) is -1.39. The van der Waals surface area contributed by atoms with Gasteiger partial charge in [-0.1, -0.05) is 12.1 Å². The van der Waals surface area contributed by atoms with Crippen molar-refractivity contribution in [3.63, 3.8) is 0 Å². The number of carboxylic acid groups (broad SMARTS) is 1. The van der Waals surface area contributed by atoms with E-state index in [1.54, 1.807) is 11.3 Å². The number of hydrogen-bond donors (Lipinski definition) is 2. The molecule has 2 aromatic heterocycles. The molecule has 112 valence electrons. The number of nitrogens with one attached hydrogen (secondary N) is 1. The number of aryl methyl sites for hydroxylation is 1. The molecule has 2 heterocycles. The number of rotatable bonds is 6. The lowest BCUT2D eigenvalue weighted by molar-refractivity contribution is -0.137. The van der Waals surface area contributed by atoms with Gasteiger partial charge < -0.3 is 10.4 Å². The van der Waals surface area contributed by atoms with Crippen LogP contribution in [0, 0.1) is 6.92 Å². The quantitative estimate of drug-likeness (QED) is 0.845. The van der Waals surface area contributed by atoms with E-state index in [2.05, 4.69) is 15.6 Å². The molecule has 1 amide bonds. The second kappa shape index (κ2) is 6.49. The van der Waals surface area contributed by atoms with E-state index in [1.807, 2.05) is 25.3 Å². The molecule has 7 nitrogen and oxygen atoms in total. The fourth-order valence-electron chi connectivity index (χ4n) is 1.92. The summed E-state index contributed by atoms with van der Waals surface area (Å²) in [4.78, 5) is 23.9. The first kappa shape index (κ1) is 15.2. The highest BCUT2D eigenvalue weighted by atomic mass is 32.1. The van der Waals surface area contributed by atoms with Crippen LogP contribution in [0.3, 0.4) is 0 Å². The van der Waals surface area contributed by atoms with Crippen LogP contribution in [0.5, 0.6) is 0 Å². The molecule has 21 heavy (non-hydrogen) atoms. The Bertz CT molecular complexity index is 649. The highest BCUT2D eigenvalue weighted by Gasteiger charge is 2.18. The molecule has 2 aromatic rings. The molecular formula is C13H16N4O3S. The number of amides is 1. The molecule has 0 saturated heterocycles. The van der Waals surface area contributed by atoms with Crippen molar-refractivity contribution in [1.29, 1.82) is 0 Å². The Labute approximate surface area is 125 Å². The van der Waals surface area contributed by atoms with E-state index in [4.69, 9.17) is 5.11 Å². The van der Waals surface area contributed by atoms with Crippen LogP contribution in [-0.2, 0) is 11.3 Å². The Morgan fingerprint density at radius 1 is 1.52 bits per heavy atom. The van der Waals surface area contributed by atoms with Gasteiger partial charge in [0.25, 0.3) is 5.91 Å². The normalized spacial score (nSPS) is 12.1. The van der Waals surface area contributed by atoms with E-state index in [0.717, 1.165) is 16.7 Å². The third-order valence-corrected chi connectivity index (χ3v) is 3.81. The predicted molar refractivity (Wildman–Crippen MR) is 77.2 cm³/mol. The molecule has 0 aliphatic rings. The average molecular weight is 308 g/mol. The van der Waals surface area contributed by atoms with E-state index in [-0.39, 0.29) is 24.2 Å². The number of aliphatic carboxylic acids is 1. The number of carboxylic acids is 1. The molecule has 0 spiro atoms. The molecule has 0 aliphatic carbocycles. The number of aromatic nitrogens is 3. The second-order valence-electron chi connectivity index (χ2n) is 4.62. The van der Waals surface area contributed by atoms with E-state index >= 15 is 0 Å². The van der Waals surface area contributed by atoms with Gasteiger partial charge in [0, 0.05) is 4.88 Å². The topological polar surface area (TPSA) is 97.1 Å². The van der Waals surface area contributed by atoms with Gasteiger partial charge in [0.2, 0.25) is 0 Å². The summed E-state index contributed by atoms with van der Waals surface area (Å²) in [5.41, 5.74) is 1.17. The Morgan fingerprint density at radius 2 is 2.29 bits per heavy atom. The maximum atomic E-state index is 12.1. The molecule has 0 bridgehead atoms. The summed E-state index contributed by atoms with van der Waals surface area (Å²) in [5, 5.41) is 20.9. The summed E-state index contributed by atoms with van der Waals surface area (Å²) in [6.45, 7) is 3.68. The van der Waals surface area contributed by atoms with Gasteiger partial charge in [0.15, 0.2) is 5.69 Å². The maximum Gasteiger partial charge on any atom is 0.325 e. The molecular weight excluding hydrogens is 292 g/mol. The lowest BCUT2D eigenvalue weighted by Crippen LogP contribution is -2.28. The Morgan fingerprint density at radius 3 is 2.86 bits per heavy atom. The summed E-state index contributed by atoms with van der Waals surface area (Å²) in [6.07, 6.45) is 2.08. The molecule has 2 rings (SSSR count). The van der Waals surface area contributed by atoms with Crippen molar-refractivity contribution in [1.82, 2.24) is 20.3 Å². The van der Waals surface area contributed by atoms with Crippen molar-refractivity contribution in [3.05, 3.63) is 33.8 Å². The average Bonchev–Trinajstić information content (AvgIpc) is 3.04. The van der Waals surface area contributed by atoms with Crippen molar-refractivity contribution in [2.24, 2.45) is 0 Å². The number of hydrogen-bond acceptors (Lipinski definition) is 5. The lowest BCUT2D eigenvalue weighted by Gasteiger charge is -2.14. The molecule has 0 saturated carbocycles. The summed E-state index contributed by atoms with van der Waals surface area (Å²) >= 11 is 1.63. The van der Waals surface area contributed by atoms with E-state index in [1.165, 1.54) is 11.1 Å².